The van der Waals surface area contributed by atoms with E-state index in [0.717, 1.165) is 5.56 Å². The first-order valence-corrected chi connectivity index (χ1v) is 5.94. The number of hydrogen-bond donors (Lipinski definition) is 1. The van der Waals surface area contributed by atoms with Crippen molar-refractivity contribution < 1.29 is 4.52 Å². The van der Waals surface area contributed by atoms with E-state index >= 15 is 0 Å². The van der Waals surface area contributed by atoms with Crippen LogP contribution in [0.1, 0.15) is 44.1 Å². The highest BCUT2D eigenvalue weighted by Gasteiger charge is 2.27. The fourth-order valence-electron chi connectivity index (χ4n) is 1.52. The second-order valence-corrected chi connectivity index (χ2v) is 5.42. The number of rotatable bonds is 3. The summed E-state index contributed by atoms with van der Waals surface area (Å²) in [6, 6.07) is 3.61. The molecule has 0 aromatic carbocycles. The van der Waals surface area contributed by atoms with Gasteiger partial charge in [-0.2, -0.15) is 4.98 Å². The van der Waals surface area contributed by atoms with Crippen LogP contribution in [0.15, 0.2) is 29.0 Å². The number of pyridine rings is 1. The molecule has 2 rings (SSSR count). The molecule has 2 aromatic heterocycles. The molecule has 0 spiro atoms. The lowest BCUT2D eigenvalue weighted by atomic mass is 9.87. The first-order valence-electron chi connectivity index (χ1n) is 5.94. The van der Waals surface area contributed by atoms with E-state index in [4.69, 9.17) is 10.3 Å². The summed E-state index contributed by atoms with van der Waals surface area (Å²) < 4.78 is 5.22. The molecule has 0 saturated heterocycles. The molecule has 0 radical (unpaired) electrons. The zero-order chi connectivity index (χ0) is 13.2. The highest BCUT2D eigenvalue weighted by atomic mass is 16.5. The molecule has 0 aliphatic carbocycles. The van der Waals surface area contributed by atoms with E-state index in [1.165, 1.54) is 0 Å². The van der Waals surface area contributed by atoms with Crippen LogP contribution in [0.2, 0.25) is 0 Å². The van der Waals surface area contributed by atoms with Crippen molar-refractivity contribution in [1.29, 1.82) is 0 Å². The number of hydrogen-bond acceptors (Lipinski definition) is 5. The van der Waals surface area contributed by atoms with E-state index in [2.05, 4.69) is 15.1 Å². The Labute approximate surface area is 106 Å². The maximum absolute atomic E-state index is 6.07. The Kier molecular flexibility index (Phi) is 3.43. The van der Waals surface area contributed by atoms with Crippen LogP contribution in [0.3, 0.4) is 0 Å². The van der Waals surface area contributed by atoms with Gasteiger partial charge in [-0.1, -0.05) is 25.9 Å². The van der Waals surface area contributed by atoms with Crippen molar-refractivity contribution in [2.45, 2.75) is 33.2 Å². The highest BCUT2D eigenvalue weighted by molar-refractivity contribution is 5.15. The first kappa shape index (κ1) is 12.7. The van der Waals surface area contributed by atoms with Crippen molar-refractivity contribution in [3.8, 4) is 0 Å². The van der Waals surface area contributed by atoms with Crippen LogP contribution in [-0.4, -0.2) is 15.1 Å². The van der Waals surface area contributed by atoms with Gasteiger partial charge in [0.25, 0.3) is 0 Å². The van der Waals surface area contributed by atoms with Crippen LogP contribution in [0.25, 0.3) is 0 Å². The van der Waals surface area contributed by atoms with Crippen LogP contribution < -0.4 is 5.73 Å². The minimum Gasteiger partial charge on any atom is -0.338 e. The van der Waals surface area contributed by atoms with Crippen LogP contribution in [0.5, 0.6) is 0 Å². The fraction of sp³-hybridized carbons (Fsp3) is 0.462. The molecule has 18 heavy (non-hydrogen) atoms. The van der Waals surface area contributed by atoms with Gasteiger partial charge < -0.3 is 10.3 Å². The Balaban J connectivity index is 2.12. The molecule has 2 aromatic rings. The SMILES string of the molecule is CC(C)(C)[C@@H](N)c1nc(Cc2ccncc2)no1. The summed E-state index contributed by atoms with van der Waals surface area (Å²) in [5.74, 6) is 1.14. The van der Waals surface area contributed by atoms with E-state index in [0.29, 0.717) is 18.1 Å². The average molecular weight is 246 g/mol. The summed E-state index contributed by atoms with van der Waals surface area (Å²) in [6.45, 7) is 6.14. The van der Waals surface area contributed by atoms with Crippen molar-refractivity contribution in [3.63, 3.8) is 0 Å². The Hall–Kier alpha value is -1.75. The third-order valence-corrected chi connectivity index (χ3v) is 2.79. The topological polar surface area (TPSA) is 77.8 Å². The fourth-order valence-corrected chi connectivity index (χ4v) is 1.52. The van der Waals surface area contributed by atoms with Gasteiger partial charge in [-0.3, -0.25) is 4.98 Å². The van der Waals surface area contributed by atoms with Crippen LogP contribution in [0.4, 0.5) is 0 Å². The maximum Gasteiger partial charge on any atom is 0.244 e. The molecule has 0 fully saturated rings. The largest absolute Gasteiger partial charge is 0.338 e. The molecule has 96 valence electrons. The van der Waals surface area contributed by atoms with Crippen molar-refractivity contribution in [3.05, 3.63) is 41.8 Å². The van der Waals surface area contributed by atoms with Gasteiger partial charge in [0.1, 0.15) is 0 Å². The maximum atomic E-state index is 6.07. The van der Waals surface area contributed by atoms with E-state index in [1.807, 2.05) is 32.9 Å². The summed E-state index contributed by atoms with van der Waals surface area (Å²) in [4.78, 5) is 8.32. The summed E-state index contributed by atoms with van der Waals surface area (Å²) in [5, 5.41) is 3.96. The molecule has 2 N–H and O–H groups in total. The zero-order valence-electron chi connectivity index (χ0n) is 10.9. The van der Waals surface area contributed by atoms with Gasteiger partial charge in [-0.25, -0.2) is 0 Å². The van der Waals surface area contributed by atoms with Gasteiger partial charge in [-0.15, -0.1) is 0 Å². The number of aromatic nitrogens is 3. The molecule has 0 saturated carbocycles. The predicted octanol–water partition coefficient (Wildman–Crippen LogP) is 2.10. The second kappa shape index (κ2) is 4.86. The predicted molar refractivity (Wildman–Crippen MR) is 67.7 cm³/mol. The number of nitrogens with two attached hydrogens (primary N) is 1. The van der Waals surface area contributed by atoms with Crippen LogP contribution in [0, 0.1) is 5.41 Å². The minimum absolute atomic E-state index is 0.0968. The molecule has 0 aliphatic rings. The van der Waals surface area contributed by atoms with E-state index < -0.39 is 0 Å². The Morgan fingerprint density at radius 2 is 1.94 bits per heavy atom. The molecular formula is C13H18N4O. The molecule has 1 atom stereocenters. The standard InChI is InChI=1S/C13H18N4O/c1-13(2,3)11(14)12-16-10(17-18-12)8-9-4-6-15-7-5-9/h4-7,11H,8,14H2,1-3H3/t11-/m0/s1. The smallest absolute Gasteiger partial charge is 0.244 e. The Morgan fingerprint density at radius 3 is 2.56 bits per heavy atom. The van der Waals surface area contributed by atoms with E-state index in [1.54, 1.807) is 12.4 Å². The molecular weight excluding hydrogens is 228 g/mol. The second-order valence-electron chi connectivity index (χ2n) is 5.42. The van der Waals surface area contributed by atoms with E-state index in [9.17, 15) is 0 Å². The van der Waals surface area contributed by atoms with E-state index in [-0.39, 0.29) is 11.5 Å². The molecule has 0 bridgehead atoms. The number of nitrogens with zero attached hydrogens (tertiary/aromatic N) is 3. The lowest BCUT2D eigenvalue weighted by Crippen LogP contribution is -2.26. The third kappa shape index (κ3) is 2.92. The van der Waals surface area contributed by atoms with Gasteiger partial charge in [0.15, 0.2) is 5.82 Å². The molecule has 0 unspecified atom stereocenters. The third-order valence-electron chi connectivity index (χ3n) is 2.79. The van der Waals surface area contributed by atoms with Crippen molar-refractivity contribution >= 4 is 0 Å². The van der Waals surface area contributed by atoms with Crippen LogP contribution >= 0.6 is 0 Å². The molecule has 2 heterocycles. The zero-order valence-corrected chi connectivity index (χ0v) is 10.9. The molecule has 5 heteroatoms. The van der Waals surface area contributed by atoms with Gasteiger partial charge in [0.05, 0.1) is 6.04 Å². The molecule has 5 nitrogen and oxygen atoms in total. The Morgan fingerprint density at radius 1 is 1.28 bits per heavy atom. The van der Waals surface area contributed by atoms with Crippen molar-refractivity contribution in [1.82, 2.24) is 15.1 Å². The minimum atomic E-state index is -0.254. The Bertz CT molecular complexity index is 501. The monoisotopic (exact) mass is 246 g/mol. The van der Waals surface area contributed by atoms with Crippen LogP contribution in [-0.2, 0) is 6.42 Å². The van der Waals surface area contributed by atoms with Crippen molar-refractivity contribution in [2.24, 2.45) is 11.1 Å². The molecule has 0 amide bonds. The lowest BCUT2D eigenvalue weighted by Gasteiger charge is -2.23. The summed E-state index contributed by atoms with van der Waals surface area (Å²) >= 11 is 0. The van der Waals surface area contributed by atoms with Gasteiger partial charge in [0.2, 0.25) is 5.89 Å². The summed E-state index contributed by atoms with van der Waals surface area (Å²) in [5.41, 5.74) is 7.07. The average Bonchev–Trinajstić information content (AvgIpc) is 2.76. The van der Waals surface area contributed by atoms with Crippen molar-refractivity contribution in [2.75, 3.05) is 0 Å². The summed E-state index contributed by atoms with van der Waals surface area (Å²) in [6.07, 6.45) is 4.12. The van der Waals surface area contributed by atoms with Gasteiger partial charge in [-0.05, 0) is 23.1 Å². The quantitative estimate of drug-likeness (QED) is 0.897. The lowest BCUT2D eigenvalue weighted by molar-refractivity contribution is 0.252. The molecule has 0 aliphatic heterocycles. The first-order chi connectivity index (χ1) is 8.47. The van der Waals surface area contributed by atoms with Gasteiger partial charge >= 0.3 is 0 Å². The van der Waals surface area contributed by atoms with Gasteiger partial charge in [0, 0.05) is 18.8 Å². The summed E-state index contributed by atoms with van der Waals surface area (Å²) in [7, 11) is 0. The highest BCUT2D eigenvalue weighted by Crippen LogP contribution is 2.29. The normalized spacial score (nSPS) is 13.6.